The Bertz CT molecular complexity index is 735. The number of nitrogens with zero attached hydrogens (tertiary/aromatic N) is 4. The second-order valence-electron chi connectivity index (χ2n) is 6.93. The molecule has 0 aromatic carbocycles. The molecular weight excluding hydrogens is 299 g/mol. The predicted molar refractivity (Wildman–Crippen MR) is 83.4 cm³/mol. The highest BCUT2D eigenvalue weighted by molar-refractivity contribution is 5.69. The minimum absolute atomic E-state index is 0.0647. The van der Waals surface area contributed by atoms with Crippen LogP contribution in [-0.2, 0) is 9.47 Å². The molecule has 6 nitrogen and oxygen atoms in total. The van der Waals surface area contributed by atoms with Crippen LogP contribution in [0.25, 0.3) is 11.2 Å². The molecule has 0 saturated carbocycles. The van der Waals surface area contributed by atoms with Gasteiger partial charge in [-0.3, -0.25) is 4.57 Å². The lowest BCUT2D eigenvalue weighted by Gasteiger charge is -2.20. The molecule has 2 atom stereocenters. The van der Waals surface area contributed by atoms with Crippen LogP contribution < -0.4 is 0 Å². The van der Waals surface area contributed by atoms with E-state index in [0.717, 1.165) is 0 Å². The van der Waals surface area contributed by atoms with Gasteiger partial charge in [0.05, 0.1) is 25.7 Å². The molecule has 0 fully saturated rings. The standard InChI is InChI=1S/C16H21FN4O2/c1-10-18-6-13-14(20-10)21(9-19-13)15-12(17)5-11(23-15)7-22-8-16(2,3)4/h5-6,9,11,15H,7-8H2,1-4H3/t11-,15?/m0/s1. The maximum Gasteiger partial charge on any atom is 0.189 e. The van der Waals surface area contributed by atoms with Gasteiger partial charge >= 0.3 is 0 Å². The van der Waals surface area contributed by atoms with Gasteiger partial charge in [-0.2, -0.15) is 0 Å². The second-order valence-corrected chi connectivity index (χ2v) is 6.93. The van der Waals surface area contributed by atoms with E-state index in [1.54, 1.807) is 17.7 Å². The first-order valence-electron chi connectivity index (χ1n) is 7.60. The first kappa shape index (κ1) is 16.0. The highest BCUT2D eigenvalue weighted by Crippen LogP contribution is 2.32. The van der Waals surface area contributed by atoms with Gasteiger partial charge in [-0.15, -0.1) is 0 Å². The number of ether oxygens (including phenoxy) is 2. The number of halogens is 1. The van der Waals surface area contributed by atoms with Crippen molar-refractivity contribution in [3.63, 3.8) is 0 Å². The summed E-state index contributed by atoms with van der Waals surface area (Å²) >= 11 is 0. The molecule has 1 aliphatic heterocycles. The van der Waals surface area contributed by atoms with Crippen LogP contribution in [0, 0.1) is 12.3 Å². The van der Waals surface area contributed by atoms with E-state index in [1.807, 2.05) is 0 Å². The Morgan fingerprint density at radius 2 is 2.13 bits per heavy atom. The molecule has 7 heteroatoms. The maximum absolute atomic E-state index is 14.3. The maximum atomic E-state index is 14.3. The van der Waals surface area contributed by atoms with Crippen LogP contribution >= 0.6 is 0 Å². The molecule has 1 unspecified atom stereocenters. The molecule has 2 aromatic rings. The quantitative estimate of drug-likeness (QED) is 0.867. The van der Waals surface area contributed by atoms with E-state index < -0.39 is 12.3 Å². The van der Waals surface area contributed by atoms with E-state index in [2.05, 4.69) is 35.7 Å². The van der Waals surface area contributed by atoms with Crippen molar-refractivity contribution < 1.29 is 13.9 Å². The van der Waals surface area contributed by atoms with Crippen LogP contribution in [0.15, 0.2) is 24.4 Å². The Kier molecular flexibility index (Phi) is 4.16. The lowest BCUT2D eigenvalue weighted by atomic mass is 9.99. The summed E-state index contributed by atoms with van der Waals surface area (Å²) in [4.78, 5) is 12.6. The molecule has 0 spiro atoms. The normalized spacial score (nSPS) is 21.9. The fraction of sp³-hybridized carbons (Fsp3) is 0.562. The topological polar surface area (TPSA) is 62.1 Å². The minimum Gasteiger partial charge on any atom is -0.378 e. The third kappa shape index (κ3) is 3.56. The van der Waals surface area contributed by atoms with Crippen molar-refractivity contribution in [2.75, 3.05) is 13.2 Å². The van der Waals surface area contributed by atoms with Crippen LogP contribution in [0.1, 0.15) is 32.8 Å². The van der Waals surface area contributed by atoms with Gasteiger partial charge in [-0.25, -0.2) is 19.3 Å². The van der Waals surface area contributed by atoms with E-state index >= 15 is 0 Å². The fourth-order valence-corrected chi connectivity index (χ4v) is 2.38. The van der Waals surface area contributed by atoms with Gasteiger partial charge in [0.15, 0.2) is 11.9 Å². The highest BCUT2D eigenvalue weighted by Gasteiger charge is 2.31. The molecule has 23 heavy (non-hydrogen) atoms. The van der Waals surface area contributed by atoms with E-state index in [0.29, 0.717) is 30.2 Å². The van der Waals surface area contributed by atoms with Crippen LogP contribution in [0.2, 0.25) is 0 Å². The Labute approximate surface area is 134 Å². The molecule has 0 amide bonds. The van der Waals surface area contributed by atoms with E-state index in [9.17, 15) is 4.39 Å². The zero-order valence-corrected chi connectivity index (χ0v) is 13.8. The molecule has 1 aliphatic rings. The first-order valence-corrected chi connectivity index (χ1v) is 7.60. The number of rotatable bonds is 4. The average Bonchev–Trinajstić information content (AvgIpc) is 3.00. The summed E-state index contributed by atoms with van der Waals surface area (Å²) in [5.74, 6) is 0.247. The van der Waals surface area contributed by atoms with Crippen molar-refractivity contribution in [1.29, 1.82) is 0 Å². The SMILES string of the molecule is Cc1ncc2ncn(C3O[C@H](COCC(C)(C)C)C=C3F)c2n1. The highest BCUT2D eigenvalue weighted by atomic mass is 19.1. The number of imidazole rings is 1. The van der Waals surface area contributed by atoms with E-state index in [4.69, 9.17) is 9.47 Å². The summed E-state index contributed by atoms with van der Waals surface area (Å²) in [5.41, 5.74) is 1.23. The summed E-state index contributed by atoms with van der Waals surface area (Å²) in [6.45, 7) is 8.95. The molecule has 0 radical (unpaired) electrons. The molecule has 3 rings (SSSR count). The molecule has 0 aliphatic carbocycles. The minimum atomic E-state index is -0.850. The summed E-state index contributed by atoms with van der Waals surface area (Å²) < 4.78 is 27.2. The summed E-state index contributed by atoms with van der Waals surface area (Å²) in [7, 11) is 0. The van der Waals surface area contributed by atoms with Crippen molar-refractivity contribution in [1.82, 2.24) is 19.5 Å². The van der Waals surface area contributed by atoms with Gasteiger partial charge in [0.25, 0.3) is 0 Å². The average molecular weight is 320 g/mol. The Morgan fingerprint density at radius 3 is 2.87 bits per heavy atom. The fourth-order valence-electron chi connectivity index (χ4n) is 2.38. The Balaban J connectivity index is 1.72. The van der Waals surface area contributed by atoms with Gasteiger partial charge in [0.1, 0.15) is 23.3 Å². The van der Waals surface area contributed by atoms with Gasteiger partial charge in [-0.05, 0) is 18.4 Å². The van der Waals surface area contributed by atoms with E-state index in [1.165, 1.54) is 12.4 Å². The number of hydrogen-bond acceptors (Lipinski definition) is 5. The molecule has 0 bridgehead atoms. The molecule has 124 valence electrons. The van der Waals surface area contributed by atoms with Crippen molar-refractivity contribution in [2.24, 2.45) is 5.41 Å². The summed E-state index contributed by atoms with van der Waals surface area (Å²) in [6.07, 6.45) is 3.33. The van der Waals surface area contributed by atoms with Gasteiger partial charge in [-0.1, -0.05) is 20.8 Å². The van der Waals surface area contributed by atoms with Crippen molar-refractivity contribution in [3.8, 4) is 0 Å². The Morgan fingerprint density at radius 1 is 1.35 bits per heavy atom. The Hall–Kier alpha value is -1.86. The predicted octanol–water partition coefficient (Wildman–Crippen LogP) is 2.95. The number of fused-ring (bicyclic) bond motifs is 1. The van der Waals surface area contributed by atoms with Gasteiger partial charge in [0.2, 0.25) is 0 Å². The van der Waals surface area contributed by atoms with Crippen molar-refractivity contribution in [2.45, 2.75) is 40.0 Å². The number of hydrogen-bond donors (Lipinski definition) is 0. The van der Waals surface area contributed by atoms with Crippen LogP contribution in [0.4, 0.5) is 4.39 Å². The van der Waals surface area contributed by atoms with Crippen LogP contribution in [0.5, 0.6) is 0 Å². The summed E-state index contributed by atoms with van der Waals surface area (Å²) in [6, 6.07) is 0. The number of aromatic nitrogens is 4. The molecule has 3 heterocycles. The van der Waals surface area contributed by atoms with Crippen molar-refractivity contribution >= 4 is 11.2 Å². The van der Waals surface area contributed by atoms with Gasteiger partial charge in [0, 0.05) is 0 Å². The largest absolute Gasteiger partial charge is 0.378 e. The van der Waals surface area contributed by atoms with Gasteiger partial charge < -0.3 is 9.47 Å². The summed E-state index contributed by atoms with van der Waals surface area (Å²) in [5, 5.41) is 0. The molecule has 2 aromatic heterocycles. The molecule has 0 saturated heterocycles. The van der Waals surface area contributed by atoms with Crippen molar-refractivity contribution in [3.05, 3.63) is 30.3 Å². The van der Waals surface area contributed by atoms with E-state index in [-0.39, 0.29) is 11.2 Å². The third-order valence-electron chi connectivity index (χ3n) is 3.39. The zero-order chi connectivity index (χ0) is 16.6. The zero-order valence-electron chi connectivity index (χ0n) is 13.8. The molecule has 0 N–H and O–H groups in total. The lowest BCUT2D eigenvalue weighted by Crippen LogP contribution is -2.22. The number of aryl methyl sites for hydroxylation is 1. The molecular formula is C16H21FN4O2. The first-order chi connectivity index (χ1) is 10.8. The smallest absolute Gasteiger partial charge is 0.189 e. The lowest BCUT2D eigenvalue weighted by molar-refractivity contribution is -0.0464. The monoisotopic (exact) mass is 320 g/mol. The second kappa shape index (κ2) is 5.98. The van der Waals surface area contributed by atoms with Crippen LogP contribution in [0.3, 0.4) is 0 Å². The van der Waals surface area contributed by atoms with Crippen LogP contribution in [-0.4, -0.2) is 38.8 Å². The third-order valence-corrected chi connectivity index (χ3v) is 3.39.